The molecule has 1 N–H and O–H groups in total. The van der Waals surface area contributed by atoms with E-state index in [0.29, 0.717) is 0 Å². The van der Waals surface area contributed by atoms with E-state index in [4.69, 9.17) is 4.74 Å². The first-order chi connectivity index (χ1) is 12.3. The second kappa shape index (κ2) is 8.70. The van der Waals surface area contributed by atoms with Crippen LogP contribution in [0.15, 0.2) is 47.4 Å². The third-order valence-electron chi connectivity index (χ3n) is 3.16. The van der Waals surface area contributed by atoms with Crippen LogP contribution in [0, 0.1) is 11.6 Å². The van der Waals surface area contributed by atoms with Gasteiger partial charge in [0.05, 0.1) is 5.56 Å². The van der Waals surface area contributed by atoms with Crippen LogP contribution in [0.3, 0.4) is 0 Å². The normalized spacial score (nSPS) is 11.9. The number of carbonyl (C=O) groups is 2. The molecule has 0 fully saturated rings. The van der Waals surface area contributed by atoms with Gasteiger partial charge in [-0.05, 0) is 31.2 Å². The quantitative estimate of drug-likeness (QED) is 0.452. The zero-order chi connectivity index (χ0) is 19.3. The lowest BCUT2D eigenvalue weighted by atomic mass is 10.2. The lowest BCUT2D eigenvalue weighted by molar-refractivity contribution is -0.123. The fourth-order valence-corrected chi connectivity index (χ4v) is 2.56. The number of hydrogen-bond acceptors (Lipinski definition) is 4. The molecule has 138 valence electrons. The summed E-state index contributed by atoms with van der Waals surface area (Å²) >= 11 is 0.183. The molecule has 0 saturated heterocycles. The van der Waals surface area contributed by atoms with Crippen LogP contribution in [-0.2, 0) is 9.53 Å². The highest BCUT2D eigenvalue weighted by Crippen LogP contribution is 2.29. The molecule has 0 saturated carbocycles. The molecular weight excluding hydrogens is 374 g/mol. The molecule has 0 unspecified atom stereocenters. The molecule has 2 aromatic carbocycles. The highest BCUT2D eigenvalue weighted by molar-refractivity contribution is 7.99. The number of thioether (sulfide) groups is 1. The van der Waals surface area contributed by atoms with Gasteiger partial charge in [0.1, 0.15) is 0 Å². The van der Waals surface area contributed by atoms with Gasteiger partial charge in [0.25, 0.3) is 11.7 Å². The van der Waals surface area contributed by atoms with Crippen LogP contribution in [0.4, 0.5) is 23.2 Å². The van der Waals surface area contributed by atoms with Gasteiger partial charge in [0.15, 0.2) is 17.7 Å². The molecular formula is C17H13F4NO3S. The molecule has 0 aliphatic rings. The Labute approximate surface area is 150 Å². The number of halogens is 4. The van der Waals surface area contributed by atoms with E-state index < -0.39 is 35.4 Å². The standard InChI is InChI=1S/C17H13F4NO3S/c1-9(15(23)22-10-6-7-12(18)13(19)8-10)25-16(24)11-4-2-3-5-14(11)26-17(20)21/h2-9,17H,1H3,(H,22,23)/t9-/m1/s1. The maximum absolute atomic E-state index is 13.1. The minimum atomic E-state index is -2.72. The molecule has 26 heavy (non-hydrogen) atoms. The van der Waals surface area contributed by atoms with Crippen molar-refractivity contribution in [2.45, 2.75) is 23.7 Å². The summed E-state index contributed by atoms with van der Waals surface area (Å²) in [4.78, 5) is 24.2. The zero-order valence-electron chi connectivity index (χ0n) is 13.3. The molecule has 1 atom stereocenters. The SMILES string of the molecule is C[C@@H](OC(=O)c1ccccc1SC(F)F)C(=O)Nc1ccc(F)c(F)c1. The van der Waals surface area contributed by atoms with Gasteiger partial charge in [0.2, 0.25) is 0 Å². The largest absolute Gasteiger partial charge is 0.449 e. The second-order valence-electron chi connectivity index (χ2n) is 5.04. The second-order valence-corrected chi connectivity index (χ2v) is 6.07. The van der Waals surface area contributed by atoms with Crippen LogP contribution >= 0.6 is 11.8 Å². The van der Waals surface area contributed by atoms with Crippen molar-refractivity contribution in [3.05, 3.63) is 59.7 Å². The Morgan fingerprint density at radius 1 is 1.08 bits per heavy atom. The topological polar surface area (TPSA) is 55.4 Å². The molecule has 0 aliphatic heterocycles. The number of esters is 1. The minimum Gasteiger partial charge on any atom is -0.449 e. The van der Waals surface area contributed by atoms with Crippen molar-refractivity contribution in [3.8, 4) is 0 Å². The summed E-state index contributed by atoms with van der Waals surface area (Å²) in [5.41, 5.74) is -0.129. The average molecular weight is 387 g/mol. The van der Waals surface area contributed by atoms with E-state index in [2.05, 4.69) is 5.32 Å². The van der Waals surface area contributed by atoms with Gasteiger partial charge in [-0.2, -0.15) is 8.78 Å². The Bertz CT molecular complexity index is 816. The lowest BCUT2D eigenvalue weighted by Gasteiger charge is -2.15. The van der Waals surface area contributed by atoms with Crippen molar-refractivity contribution in [1.29, 1.82) is 0 Å². The summed E-state index contributed by atoms with van der Waals surface area (Å²) in [7, 11) is 0. The van der Waals surface area contributed by atoms with E-state index in [9.17, 15) is 27.2 Å². The molecule has 0 spiro atoms. The Morgan fingerprint density at radius 2 is 1.77 bits per heavy atom. The van der Waals surface area contributed by atoms with Gasteiger partial charge < -0.3 is 10.1 Å². The van der Waals surface area contributed by atoms with Gasteiger partial charge in [-0.25, -0.2) is 13.6 Å². The number of benzene rings is 2. The number of hydrogen-bond donors (Lipinski definition) is 1. The summed E-state index contributed by atoms with van der Waals surface area (Å²) in [6.07, 6.45) is -1.29. The average Bonchev–Trinajstić information content (AvgIpc) is 2.58. The highest BCUT2D eigenvalue weighted by Gasteiger charge is 2.22. The first kappa shape index (κ1) is 19.8. The monoisotopic (exact) mass is 387 g/mol. The number of alkyl halides is 2. The fourth-order valence-electron chi connectivity index (χ4n) is 1.93. The van der Waals surface area contributed by atoms with Crippen molar-refractivity contribution >= 4 is 29.3 Å². The van der Waals surface area contributed by atoms with Crippen molar-refractivity contribution in [1.82, 2.24) is 0 Å². The molecule has 0 bridgehead atoms. The van der Waals surface area contributed by atoms with Gasteiger partial charge >= 0.3 is 5.97 Å². The first-order valence-electron chi connectivity index (χ1n) is 7.28. The molecule has 0 heterocycles. The van der Waals surface area contributed by atoms with Crippen molar-refractivity contribution in [2.24, 2.45) is 0 Å². The van der Waals surface area contributed by atoms with E-state index in [0.717, 1.165) is 18.2 Å². The lowest BCUT2D eigenvalue weighted by Crippen LogP contribution is -2.30. The molecule has 2 aromatic rings. The van der Waals surface area contributed by atoms with E-state index in [1.807, 2.05) is 0 Å². The smallest absolute Gasteiger partial charge is 0.340 e. The maximum Gasteiger partial charge on any atom is 0.340 e. The molecule has 0 radical (unpaired) electrons. The summed E-state index contributed by atoms with van der Waals surface area (Å²) in [5.74, 6) is -6.69. The van der Waals surface area contributed by atoms with Gasteiger partial charge in [-0.15, -0.1) is 0 Å². The predicted molar refractivity (Wildman–Crippen MR) is 88.2 cm³/mol. The number of anilines is 1. The van der Waals surface area contributed by atoms with Crippen LogP contribution in [0.2, 0.25) is 0 Å². The van der Waals surface area contributed by atoms with Crippen LogP contribution in [0.25, 0.3) is 0 Å². The van der Waals surface area contributed by atoms with E-state index in [1.165, 1.54) is 31.2 Å². The molecule has 1 amide bonds. The van der Waals surface area contributed by atoms with Crippen molar-refractivity contribution < 1.29 is 31.9 Å². The molecule has 0 aromatic heterocycles. The Balaban J connectivity index is 2.04. The van der Waals surface area contributed by atoms with Crippen LogP contribution in [0.1, 0.15) is 17.3 Å². The molecule has 2 rings (SSSR count). The van der Waals surface area contributed by atoms with Gasteiger partial charge in [0, 0.05) is 16.6 Å². The van der Waals surface area contributed by atoms with Crippen LogP contribution in [0.5, 0.6) is 0 Å². The molecule has 4 nitrogen and oxygen atoms in total. The summed E-state index contributed by atoms with van der Waals surface area (Å²) in [5, 5.41) is 2.27. The first-order valence-corrected chi connectivity index (χ1v) is 8.16. The Hall–Kier alpha value is -2.55. The summed E-state index contributed by atoms with van der Waals surface area (Å²) < 4.78 is 56.1. The van der Waals surface area contributed by atoms with E-state index >= 15 is 0 Å². The number of rotatable bonds is 6. The fraction of sp³-hybridized carbons (Fsp3) is 0.176. The summed E-state index contributed by atoms with van der Waals surface area (Å²) in [6, 6.07) is 8.33. The van der Waals surface area contributed by atoms with Crippen LogP contribution < -0.4 is 5.32 Å². The predicted octanol–water partition coefficient (Wildman–Crippen LogP) is 4.46. The highest BCUT2D eigenvalue weighted by atomic mass is 32.2. The summed E-state index contributed by atoms with van der Waals surface area (Å²) in [6.45, 7) is 1.26. The number of ether oxygens (including phenoxy) is 1. The minimum absolute atomic E-state index is 0.0145. The maximum atomic E-state index is 13.1. The third-order valence-corrected chi connectivity index (χ3v) is 3.95. The van der Waals surface area contributed by atoms with Crippen molar-refractivity contribution in [2.75, 3.05) is 5.32 Å². The van der Waals surface area contributed by atoms with E-state index in [1.54, 1.807) is 0 Å². The Morgan fingerprint density at radius 3 is 2.42 bits per heavy atom. The zero-order valence-corrected chi connectivity index (χ0v) is 14.2. The number of nitrogens with one attached hydrogen (secondary N) is 1. The molecule has 0 aliphatic carbocycles. The Kier molecular flexibility index (Phi) is 6.62. The van der Waals surface area contributed by atoms with Crippen LogP contribution in [-0.4, -0.2) is 23.7 Å². The van der Waals surface area contributed by atoms with Gasteiger partial charge in [-0.3, -0.25) is 4.79 Å². The van der Waals surface area contributed by atoms with Crippen molar-refractivity contribution in [3.63, 3.8) is 0 Å². The third kappa shape index (κ3) is 5.22. The number of carbonyl (C=O) groups excluding carboxylic acids is 2. The molecule has 9 heteroatoms. The van der Waals surface area contributed by atoms with E-state index in [-0.39, 0.29) is 27.9 Å². The number of amides is 1. The van der Waals surface area contributed by atoms with Gasteiger partial charge in [-0.1, -0.05) is 23.9 Å².